The number of carbonyl (C=O) groups is 2. The van der Waals surface area contributed by atoms with Crippen molar-refractivity contribution in [2.24, 2.45) is 0 Å². The van der Waals surface area contributed by atoms with E-state index >= 15 is 0 Å². The summed E-state index contributed by atoms with van der Waals surface area (Å²) in [6, 6.07) is 0. The highest BCUT2D eigenvalue weighted by Gasteiger charge is 2.26. The maximum Gasteiger partial charge on any atom is 0.508 e. The standard InChI is InChI=1S/C12H19NO5/c1-12(2,3)18-10(14)13-7-5-6-9(8-13)17-11(15)16-4/h5-6,9H,7-8H2,1-4H3/t9-/m1/s1. The molecule has 0 aliphatic carbocycles. The SMILES string of the molecule is COC(=O)O[C@@H]1C=CCN(C(=O)OC(C)(C)C)C1. The third kappa shape index (κ3) is 4.65. The third-order valence-electron chi connectivity index (χ3n) is 2.14. The second kappa shape index (κ2) is 5.75. The zero-order valence-corrected chi connectivity index (χ0v) is 11.1. The van der Waals surface area contributed by atoms with Gasteiger partial charge in [-0.2, -0.15) is 0 Å². The van der Waals surface area contributed by atoms with Crippen molar-refractivity contribution >= 4 is 12.2 Å². The van der Waals surface area contributed by atoms with Crippen LogP contribution in [0.1, 0.15) is 20.8 Å². The van der Waals surface area contributed by atoms with Crippen LogP contribution in [0.3, 0.4) is 0 Å². The zero-order chi connectivity index (χ0) is 13.8. The van der Waals surface area contributed by atoms with E-state index in [4.69, 9.17) is 9.47 Å². The highest BCUT2D eigenvalue weighted by atomic mass is 16.7. The van der Waals surface area contributed by atoms with Crippen molar-refractivity contribution in [1.29, 1.82) is 0 Å². The highest BCUT2D eigenvalue weighted by molar-refractivity contribution is 5.69. The van der Waals surface area contributed by atoms with Crippen molar-refractivity contribution in [3.05, 3.63) is 12.2 Å². The lowest BCUT2D eigenvalue weighted by Crippen LogP contribution is -2.43. The second-order valence-corrected chi connectivity index (χ2v) is 4.92. The molecule has 1 amide bonds. The fourth-order valence-electron chi connectivity index (χ4n) is 1.42. The molecule has 0 spiro atoms. The lowest BCUT2D eigenvalue weighted by atomic mass is 10.2. The molecule has 1 aliphatic rings. The molecule has 0 N–H and O–H groups in total. The normalized spacial score (nSPS) is 19.3. The molecule has 0 aromatic carbocycles. The maximum absolute atomic E-state index is 11.8. The van der Waals surface area contributed by atoms with Crippen LogP contribution in [-0.2, 0) is 14.2 Å². The summed E-state index contributed by atoms with van der Waals surface area (Å²) in [5, 5.41) is 0. The average Bonchev–Trinajstić information content (AvgIpc) is 2.27. The lowest BCUT2D eigenvalue weighted by molar-refractivity contribution is 0.00770. The van der Waals surface area contributed by atoms with Crippen LogP contribution in [0.2, 0.25) is 0 Å². The summed E-state index contributed by atoms with van der Waals surface area (Å²) in [4.78, 5) is 24.3. The van der Waals surface area contributed by atoms with E-state index in [1.165, 1.54) is 12.0 Å². The minimum absolute atomic E-state index is 0.264. The molecular weight excluding hydrogens is 238 g/mol. The van der Waals surface area contributed by atoms with E-state index in [9.17, 15) is 9.59 Å². The predicted molar refractivity (Wildman–Crippen MR) is 64.2 cm³/mol. The first-order chi connectivity index (χ1) is 8.31. The number of rotatable bonds is 1. The Morgan fingerprint density at radius 3 is 2.56 bits per heavy atom. The van der Waals surface area contributed by atoms with Crippen molar-refractivity contribution in [3.8, 4) is 0 Å². The van der Waals surface area contributed by atoms with E-state index in [0.29, 0.717) is 6.54 Å². The molecule has 6 heteroatoms. The van der Waals surface area contributed by atoms with Crippen LogP contribution in [0.15, 0.2) is 12.2 Å². The van der Waals surface area contributed by atoms with Gasteiger partial charge in [-0.1, -0.05) is 6.08 Å². The Morgan fingerprint density at radius 2 is 2.00 bits per heavy atom. The predicted octanol–water partition coefficient (Wildman–Crippen LogP) is 1.94. The molecule has 1 rings (SSSR count). The molecular formula is C12H19NO5. The number of methoxy groups -OCH3 is 1. The van der Waals surface area contributed by atoms with Crippen LogP contribution in [0.5, 0.6) is 0 Å². The molecule has 1 heterocycles. The van der Waals surface area contributed by atoms with Gasteiger partial charge >= 0.3 is 12.2 Å². The smallest absolute Gasteiger partial charge is 0.444 e. The number of ether oxygens (including phenoxy) is 3. The topological polar surface area (TPSA) is 65.1 Å². The quantitative estimate of drug-likeness (QED) is 0.530. The molecule has 0 fully saturated rings. The Hall–Kier alpha value is -1.72. The van der Waals surface area contributed by atoms with Crippen molar-refractivity contribution in [2.45, 2.75) is 32.5 Å². The summed E-state index contributed by atoms with van der Waals surface area (Å²) in [5.41, 5.74) is -0.545. The first-order valence-corrected chi connectivity index (χ1v) is 5.71. The Balaban J connectivity index is 2.53. The number of amides is 1. The molecule has 0 radical (unpaired) electrons. The number of hydrogen-bond acceptors (Lipinski definition) is 5. The van der Waals surface area contributed by atoms with Gasteiger partial charge in [0.1, 0.15) is 11.7 Å². The van der Waals surface area contributed by atoms with E-state index in [0.717, 1.165) is 0 Å². The van der Waals surface area contributed by atoms with Gasteiger partial charge in [0.25, 0.3) is 0 Å². The van der Waals surface area contributed by atoms with Gasteiger partial charge in [-0.3, -0.25) is 0 Å². The van der Waals surface area contributed by atoms with Crippen LogP contribution in [0.4, 0.5) is 9.59 Å². The summed E-state index contributed by atoms with van der Waals surface area (Å²) in [6.07, 6.45) is 1.78. The van der Waals surface area contributed by atoms with Crippen LogP contribution >= 0.6 is 0 Å². The van der Waals surface area contributed by atoms with E-state index in [-0.39, 0.29) is 6.54 Å². The molecule has 6 nitrogen and oxygen atoms in total. The van der Waals surface area contributed by atoms with Gasteiger partial charge in [0, 0.05) is 6.54 Å². The van der Waals surface area contributed by atoms with Gasteiger partial charge in [0.2, 0.25) is 0 Å². The first kappa shape index (κ1) is 14.3. The van der Waals surface area contributed by atoms with Crippen LogP contribution < -0.4 is 0 Å². The molecule has 0 aromatic rings. The zero-order valence-electron chi connectivity index (χ0n) is 11.1. The lowest BCUT2D eigenvalue weighted by Gasteiger charge is -2.30. The Bertz CT molecular complexity index is 345. The van der Waals surface area contributed by atoms with E-state index in [1.807, 2.05) is 0 Å². The van der Waals surface area contributed by atoms with Crippen molar-refractivity contribution < 1.29 is 23.8 Å². The van der Waals surface area contributed by atoms with Gasteiger partial charge < -0.3 is 19.1 Å². The van der Waals surface area contributed by atoms with Gasteiger partial charge in [-0.15, -0.1) is 0 Å². The first-order valence-electron chi connectivity index (χ1n) is 5.71. The summed E-state index contributed by atoms with van der Waals surface area (Å²) >= 11 is 0. The van der Waals surface area contributed by atoms with Gasteiger partial charge in [0.15, 0.2) is 0 Å². The van der Waals surface area contributed by atoms with Gasteiger partial charge in [-0.05, 0) is 26.8 Å². The molecule has 0 bridgehead atoms. The van der Waals surface area contributed by atoms with Crippen LogP contribution in [0.25, 0.3) is 0 Å². The molecule has 18 heavy (non-hydrogen) atoms. The molecule has 0 aromatic heterocycles. The molecule has 102 valence electrons. The van der Waals surface area contributed by atoms with E-state index < -0.39 is 24.0 Å². The Labute approximate surface area is 106 Å². The highest BCUT2D eigenvalue weighted by Crippen LogP contribution is 2.13. The monoisotopic (exact) mass is 257 g/mol. The van der Waals surface area contributed by atoms with Crippen molar-refractivity contribution in [3.63, 3.8) is 0 Å². The molecule has 0 unspecified atom stereocenters. The summed E-state index contributed by atoms with van der Waals surface area (Å²) in [6.45, 7) is 6.10. The molecule has 1 aliphatic heterocycles. The van der Waals surface area contributed by atoms with Crippen LogP contribution in [-0.4, -0.2) is 49.1 Å². The second-order valence-electron chi connectivity index (χ2n) is 4.92. The number of hydrogen-bond donors (Lipinski definition) is 0. The fourth-order valence-corrected chi connectivity index (χ4v) is 1.42. The van der Waals surface area contributed by atoms with Gasteiger partial charge in [0.05, 0.1) is 13.7 Å². The Morgan fingerprint density at radius 1 is 1.33 bits per heavy atom. The van der Waals surface area contributed by atoms with E-state index in [2.05, 4.69) is 4.74 Å². The molecule has 0 saturated heterocycles. The largest absolute Gasteiger partial charge is 0.508 e. The van der Waals surface area contributed by atoms with Crippen molar-refractivity contribution in [1.82, 2.24) is 4.90 Å². The number of carbonyl (C=O) groups excluding carboxylic acids is 2. The maximum atomic E-state index is 11.8. The Kier molecular flexibility index (Phi) is 4.58. The van der Waals surface area contributed by atoms with Gasteiger partial charge in [-0.25, -0.2) is 9.59 Å². The number of nitrogens with zero attached hydrogens (tertiary/aromatic N) is 1. The summed E-state index contributed by atoms with van der Waals surface area (Å²) in [5.74, 6) is 0. The minimum atomic E-state index is -0.768. The summed E-state index contributed by atoms with van der Waals surface area (Å²) in [7, 11) is 1.24. The van der Waals surface area contributed by atoms with Crippen molar-refractivity contribution in [2.75, 3.05) is 20.2 Å². The third-order valence-corrected chi connectivity index (χ3v) is 2.14. The average molecular weight is 257 g/mol. The van der Waals surface area contributed by atoms with E-state index in [1.54, 1.807) is 32.9 Å². The fraction of sp³-hybridized carbons (Fsp3) is 0.667. The molecule has 1 atom stereocenters. The van der Waals surface area contributed by atoms with Crippen LogP contribution in [0, 0.1) is 0 Å². The minimum Gasteiger partial charge on any atom is -0.444 e. The molecule has 0 saturated carbocycles. The summed E-state index contributed by atoms with van der Waals surface area (Å²) < 4.78 is 14.6.